The number of carbonyl (C=O) groups is 1. The van der Waals surface area contributed by atoms with Crippen molar-refractivity contribution in [1.29, 1.82) is 10.5 Å². The minimum atomic E-state index is -0.636. The van der Waals surface area contributed by atoms with Gasteiger partial charge in [0, 0.05) is 35.1 Å². The van der Waals surface area contributed by atoms with Gasteiger partial charge in [-0.3, -0.25) is 4.98 Å². The molecule has 10 heteroatoms. The second kappa shape index (κ2) is 11.9. The third-order valence-electron chi connectivity index (χ3n) is 5.62. The molecule has 0 aliphatic heterocycles. The van der Waals surface area contributed by atoms with Crippen molar-refractivity contribution in [2.45, 2.75) is 32.9 Å². The van der Waals surface area contributed by atoms with E-state index in [4.69, 9.17) is 21.1 Å². The lowest BCUT2D eigenvalue weighted by Gasteiger charge is -2.20. The van der Waals surface area contributed by atoms with Crippen LogP contribution >= 0.6 is 11.6 Å². The minimum absolute atomic E-state index is 0.0477. The molecule has 0 spiro atoms. The lowest BCUT2D eigenvalue weighted by atomic mass is 10.1. The molecule has 0 aliphatic carbocycles. The van der Waals surface area contributed by atoms with E-state index in [-0.39, 0.29) is 18.2 Å². The summed E-state index contributed by atoms with van der Waals surface area (Å²) in [6.07, 6.45) is 1.46. The number of benzene rings is 3. The van der Waals surface area contributed by atoms with E-state index in [0.29, 0.717) is 50.4 Å². The summed E-state index contributed by atoms with van der Waals surface area (Å²) < 4.78 is 24.7. The Balaban J connectivity index is 1.60. The maximum absolute atomic E-state index is 13.7. The molecule has 0 radical (unpaired) electrons. The Bertz CT molecular complexity index is 1670. The first-order valence-corrected chi connectivity index (χ1v) is 12.6. The van der Waals surface area contributed by atoms with Crippen molar-refractivity contribution in [3.63, 3.8) is 0 Å². The number of anilines is 3. The van der Waals surface area contributed by atoms with E-state index in [1.807, 2.05) is 12.1 Å². The number of ether oxygens (including phenoxy) is 2. The lowest BCUT2D eigenvalue weighted by molar-refractivity contribution is -0.157. The normalized spacial score (nSPS) is 10.9. The highest BCUT2D eigenvalue weighted by atomic mass is 35.5. The Morgan fingerprint density at radius 3 is 2.52 bits per heavy atom. The van der Waals surface area contributed by atoms with Crippen LogP contribution in [0.2, 0.25) is 5.02 Å². The molecule has 0 aliphatic rings. The van der Waals surface area contributed by atoms with Gasteiger partial charge in [-0.25, -0.2) is 9.18 Å². The van der Waals surface area contributed by atoms with Crippen LogP contribution in [0.4, 0.5) is 21.5 Å². The molecule has 1 heterocycles. The first-order chi connectivity index (χ1) is 19.1. The number of aromatic nitrogens is 1. The van der Waals surface area contributed by atoms with Crippen LogP contribution in [0.3, 0.4) is 0 Å². The average Bonchev–Trinajstić information content (AvgIpc) is 2.92. The molecule has 0 unspecified atom stereocenters. The lowest BCUT2D eigenvalue weighted by Crippen LogP contribution is -2.27. The summed E-state index contributed by atoms with van der Waals surface area (Å²) in [4.78, 5) is 16.5. The number of rotatable bonds is 8. The molecule has 0 amide bonds. The number of nitrogens with one attached hydrogen (secondary N) is 2. The van der Waals surface area contributed by atoms with Crippen LogP contribution < -0.4 is 15.4 Å². The third kappa shape index (κ3) is 6.96. The van der Waals surface area contributed by atoms with Gasteiger partial charge in [0.25, 0.3) is 0 Å². The first kappa shape index (κ1) is 28.2. The SMILES string of the molecule is CC(C)(C)OC(=O)COc1ccc(C#N)cc1CNc1ccc2ncc(C#N)c(Nc3ccc(F)c(Cl)c3)c2c1. The van der Waals surface area contributed by atoms with Crippen molar-refractivity contribution in [2.24, 2.45) is 0 Å². The molecule has 40 heavy (non-hydrogen) atoms. The second-order valence-electron chi connectivity index (χ2n) is 9.81. The van der Waals surface area contributed by atoms with Crippen LogP contribution in [-0.4, -0.2) is 23.2 Å². The molecule has 8 nitrogen and oxygen atoms in total. The summed E-state index contributed by atoms with van der Waals surface area (Å²) in [6, 6.07) is 18.8. The molecule has 4 rings (SSSR count). The zero-order chi connectivity index (χ0) is 28.9. The summed E-state index contributed by atoms with van der Waals surface area (Å²) >= 11 is 5.94. The fraction of sp³-hybridized carbons (Fsp3) is 0.200. The highest BCUT2D eigenvalue weighted by Crippen LogP contribution is 2.32. The molecule has 0 atom stereocenters. The van der Waals surface area contributed by atoms with E-state index in [2.05, 4.69) is 27.8 Å². The molecule has 202 valence electrons. The number of fused-ring (bicyclic) bond motifs is 1. The molecule has 0 bridgehead atoms. The summed E-state index contributed by atoms with van der Waals surface area (Å²) in [5.74, 6) is -0.621. The van der Waals surface area contributed by atoms with Gasteiger partial charge in [0.2, 0.25) is 0 Å². The predicted octanol–water partition coefficient (Wildman–Crippen LogP) is 6.85. The zero-order valence-electron chi connectivity index (χ0n) is 22.0. The van der Waals surface area contributed by atoms with Gasteiger partial charge < -0.3 is 20.1 Å². The van der Waals surface area contributed by atoms with E-state index in [1.54, 1.807) is 45.0 Å². The molecule has 0 saturated heterocycles. The molecule has 3 aromatic carbocycles. The summed E-state index contributed by atoms with van der Waals surface area (Å²) in [7, 11) is 0. The Labute approximate surface area is 235 Å². The number of halogens is 2. The van der Waals surface area contributed by atoms with E-state index in [0.717, 1.165) is 0 Å². The summed E-state index contributed by atoms with van der Waals surface area (Å²) in [5, 5.41) is 26.1. The average molecular weight is 558 g/mol. The molecule has 0 saturated carbocycles. The second-order valence-corrected chi connectivity index (χ2v) is 10.2. The minimum Gasteiger partial charge on any atom is -0.482 e. The third-order valence-corrected chi connectivity index (χ3v) is 5.91. The fourth-order valence-corrected chi connectivity index (χ4v) is 4.05. The molecule has 4 aromatic rings. The van der Waals surface area contributed by atoms with Crippen molar-refractivity contribution in [3.8, 4) is 17.9 Å². The van der Waals surface area contributed by atoms with Crippen LogP contribution in [0.5, 0.6) is 5.75 Å². The van der Waals surface area contributed by atoms with Crippen molar-refractivity contribution < 1.29 is 18.7 Å². The molecule has 0 fully saturated rings. The maximum atomic E-state index is 13.7. The number of hydrogen-bond donors (Lipinski definition) is 2. The van der Waals surface area contributed by atoms with Crippen LogP contribution in [0.15, 0.2) is 60.8 Å². The number of pyridine rings is 1. The Kier molecular flexibility index (Phi) is 8.37. The smallest absolute Gasteiger partial charge is 0.344 e. The summed E-state index contributed by atoms with van der Waals surface area (Å²) in [5.41, 5.74) is 3.09. The Morgan fingerprint density at radius 1 is 1.05 bits per heavy atom. The first-order valence-electron chi connectivity index (χ1n) is 12.2. The summed E-state index contributed by atoms with van der Waals surface area (Å²) in [6.45, 7) is 5.31. The Hall–Kier alpha value is -4.86. The van der Waals surface area contributed by atoms with Crippen LogP contribution in [0.25, 0.3) is 10.9 Å². The van der Waals surface area contributed by atoms with Crippen molar-refractivity contribution in [2.75, 3.05) is 17.2 Å². The number of nitrogens with zero attached hydrogens (tertiary/aromatic N) is 3. The van der Waals surface area contributed by atoms with E-state index < -0.39 is 17.4 Å². The largest absolute Gasteiger partial charge is 0.482 e. The van der Waals surface area contributed by atoms with Gasteiger partial charge in [0.15, 0.2) is 6.61 Å². The van der Waals surface area contributed by atoms with Gasteiger partial charge >= 0.3 is 5.97 Å². The standard InChI is InChI=1S/C30H25ClFN5O3/c1-30(2,3)40-28(38)17-39-27-9-4-18(13-33)10-19(27)15-35-21-6-8-26-23(11-21)29(20(14-34)16-36-26)37-22-5-7-25(32)24(31)12-22/h4-12,16,35H,15,17H2,1-3H3,(H,36,37). The number of carbonyl (C=O) groups excluding carboxylic acids is 1. The van der Waals surface area contributed by atoms with E-state index in [9.17, 15) is 19.7 Å². The number of esters is 1. The topological polar surface area (TPSA) is 120 Å². The highest BCUT2D eigenvalue weighted by Gasteiger charge is 2.18. The predicted molar refractivity (Wildman–Crippen MR) is 151 cm³/mol. The van der Waals surface area contributed by atoms with Gasteiger partial charge in [-0.2, -0.15) is 10.5 Å². The Morgan fingerprint density at radius 2 is 1.82 bits per heavy atom. The van der Waals surface area contributed by atoms with Gasteiger partial charge in [0.05, 0.1) is 33.4 Å². The number of hydrogen-bond acceptors (Lipinski definition) is 8. The van der Waals surface area contributed by atoms with Crippen molar-refractivity contribution in [1.82, 2.24) is 4.98 Å². The maximum Gasteiger partial charge on any atom is 0.344 e. The van der Waals surface area contributed by atoms with Crippen LogP contribution in [-0.2, 0) is 16.1 Å². The molecular formula is C30H25ClFN5O3. The van der Waals surface area contributed by atoms with E-state index in [1.165, 1.54) is 24.4 Å². The van der Waals surface area contributed by atoms with Crippen molar-refractivity contribution >= 4 is 45.5 Å². The fourth-order valence-electron chi connectivity index (χ4n) is 3.87. The van der Waals surface area contributed by atoms with E-state index >= 15 is 0 Å². The van der Waals surface area contributed by atoms with Crippen molar-refractivity contribution in [3.05, 3.63) is 88.3 Å². The molecular weight excluding hydrogens is 533 g/mol. The monoisotopic (exact) mass is 557 g/mol. The van der Waals surface area contributed by atoms with Gasteiger partial charge in [0.1, 0.15) is 23.2 Å². The molecule has 2 N–H and O–H groups in total. The molecule has 1 aromatic heterocycles. The van der Waals surface area contributed by atoms with Crippen LogP contribution in [0, 0.1) is 28.5 Å². The quantitative estimate of drug-likeness (QED) is 0.226. The van der Waals surface area contributed by atoms with Gasteiger partial charge in [-0.05, 0) is 75.4 Å². The van der Waals surface area contributed by atoms with Crippen LogP contribution in [0.1, 0.15) is 37.5 Å². The van der Waals surface area contributed by atoms with Gasteiger partial charge in [-0.1, -0.05) is 11.6 Å². The highest BCUT2D eigenvalue weighted by molar-refractivity contribution is 6.31. The van der Waals surface area contributed by atoms with Gasteiger partial charge in [-0.15, -0.1) is 0 Å². The number of nitriles is 2. The zero-order valence-corrected chi connectivity index (χ0v) is 22.8.